The maximum absolute atomic E-state index is 12.4. The number of oxazole rings is 1. The third kappa shape index (κ3) is 4.51. The standard InChI is InChI=1S/C23H25N5O2/c1-16-8-10-17(11-9-16)22-26-19(15-30-22)13-25-23(24-2)27-18-12-21(29)28(14-18)20-6-4-3-5-7-20/h3-11,15,18H,12-14H2,1-2H3,(H2,24,25,27). The molecule has 2 aromatic carbocycles. The van der Waals surface area contributed by atoms with E-state index < -0.39 is 0 Å². The zero-order valence-electron chi connectivity index (χ0n) is 17.1. The van der Waals surface area contributed by atoms with Gasteiger partial charge in [0.25, 0.3) is 0 Å². The van der Waals surface area contributed by atoms with E-state index in [1.807, 2.05) is 61.5 Å². The molecule has 1 aliphatic rings. The fourth-order valence-corrected chi connectivity index (χ4v) is 3.44. The van der Waals surface area contributed by atoms with E-state index >= 15 is 0 Å². The number of aromatic nitrogens is 1. The zero-order valence-corrected chi connectivity index (χ0v) is 17.1. The lowest BCUT2D eigenvalue weighted by molar-refractivity contribution is -0.117. The van der Waals surface area contributed by atoms with Gasteiger partial charge in [-0.2, -0.15) is 0 Å². The van der Waals surface area contributed by atoms with Crippen molar-refractivity contribution in [3.8, 4) is 11.5 Å². The summed E-state index contributed by atoms with van der Waals surface area (Å²) >= 11 is 0. The summed E-state index contributed by atoms with van der Waals surface area (Å²) < 4.78 is 5.60. The Bertz CT molecular complexity index is 1030. The van der Waals surface area contributed by atoms with E-state index in [2.05, 4.69) is 20.6 Å². The number of aliphatic imine (C=N–C) groups is 1. The molecule has 1 aromatic heterocycles. The van der Waals surface area contributed by atoms with Crippen molar-refractivity contribution < 1.29 is 9.21 Å². The second-order valence-corrected chi connectivity index (χ2v) is 7.32. The molecule has 0 aliphatic carbocycles. The largest absolute Gasteiger partial charge is 0.444 e. The highest BCUT2D eigenvalue weighted by molar-refractivity contribution is 5.97. The molecule has 1 aliphatic heterocycles. The van der Waals surface area contributed by atoms with Crippen molar-refractivity contribution in [1.29, 1.82) is 0 Å². The summed E-state index contributed by atoms with van der Waals surface area (Å²) in [6.45, 7) is 3.12. The summed E-state index contributed by atoms with van der Waals surface area (Å²) in [5.74, 6) is 1.32. The van der Waals surface area contributed by atoms with Gasteiger partial charge in [0, 0.05) is 31.3 Å². The number of carbonyl (C=O) groups is 1. The number of amides is 1. The number of guanidine groups is 1. The summed E-state index contributed by atoms with van der Waals surface area (Å²) in [5.41, 5.74) is 3.83. The summed E-state index contributed by atoms with van der Waals surface area (Å²) in [4.78, 5) is 23.0. The number of hydrogen-bond donors (Lipinski definition) is 2. The number of rotatable bonds is 5. The van der Waals surface area contributed by atoms with Gasteiger partial charge in [0.2, 0.25) is 11.8 Å². The minimum atomic E-state index is -0.00988. The lowest BCUT2D eigenvalue weighted by Crippen LogP contribution is -2.44. The molecule has 0 radical (unpaired) electrons. The van der Waals surface area contributed by atoms with Crippen LogP contribution in [-0.4, -0.2) is 36.5 Å². The Kier molecular flexibility index (Phi) is 5.79. The van der Waals surface area contributed by atoms with E-state index in [4.69, 9.17) is 4.42 Å². The second-order valence-electron chi connectivity index (χ2n) is 7.32. The lowest BCUT2D eigenvalue weighted by Gasteiger charge is -2.18. The quantitative estimate of drug-likeness (QED) is 0.505. The molecule has 1 amide bonds. The number of carbonyl (C=O) groups excluding carboxylic acids is 1. The number of nitrogens with zero attached hydrogens (tertiary/aromatic N) is 3. The highest BCUT2D eigenvalue weighted by atomic mass is 16.3. The Morgan fingerprint density at radius 1 is 1.20 bits per heavy atom. The van der Waals surface area contributed by atoms with Gasteiger partial charge in [-0.3, -0.25) is 9.79 Å². The molecule has 4 rings (SSSR count). The molecule has 30 heavy (non-hydrogen) atoms. The van der Waals surface area contributed by atoms with Crippen LogP contribution in [0.25, 0.3) is 11.5 Å². The van der Waals surface area contributed by atoms with Crippen molar-refractivity contribution >= 4 is 17.6 Å². The third-order valence-electron chi connectivity index (χ3n) is 5.04. The van der Waals surface area contributed by atoms with Crippen LogP contribution in [0.1, 0.15) is 17.7 Å². The van der Waals surface area contributed by atoms with Crippen molar-refractivity contribution in [1.82, 2.24) is 15.6 Å². The average Bonchev–Trinajstić information content (AvgIpc) is 3.39. The molecule has 3 aromatic rings. The van der Waals surface area contributed by atoms with Crippen LogP contribution in [0.15, 0.2) is 70.3 Å². The second kappa shape index (κ2) is 8.82. The third-order valence-corrected chi connectivity index (χ3v) is 5.04. The summed E-state index contributed by atoms with van der Waals surface area (Å²) in [7, 11) is 1.71. The first-order valence-electron chi connectivity index (χ1n) is 9.96. The van der Waals surface area contributed by atoms with E-state index in [0.29, 0.717) is 31.4 Å². The van der Waals surface area contributed by atoms with Crippen LogP contribution >= 0.6 is 0 Å². The maximum atomic E-state index is 12.4. The molecule has 0 bridgehead atoms. The van der Waals surface area contributed by atoms with E-state index in [9.17, 15) is 4.79 Å². The number of aryl methyl sites for hydroxylation is 1. The highest BCUT2D eigenvalue weighted by Gasteiger charge is 2.31. The molecule has 7 heteroatoms. The molecule has 154 valence electrons. The predicted octanol–water partition coefficient (Wildman–Crippen LogP) is 3.12. The molecule has 7 nitrogen and oxygen atoms in total. The number of hydrogen-bond acceptors (Lipinski definition) is 4. The van der Waals surface area contributed by atoms with E-state index in [-0.39, 0.29) is 11.9 Å². The molecule has 1 atom stereocenters. The molecular formula is C23H25N5O2. The Balaban J connectivity index is 1.33. The minimum Gasteiger partial charge on any atom is -0.444 e. The van der Waals surface area contributed by atoms with Gasteiger partial charge in [-0.25, -0.2) is 4.98 Å². The number of anilines is 1. The SMILES string of the molecule is CN=C(NCc1coc(-c2ccc(C)cc2)n1)NC1CC(=O)N(c2ccccc2)C1. The molecule has 2 N–H and O–H groups in total. The van der Waals surface area contributed by atoms with Crippen LogP contribution in [-0.2, 0) is 11.3 Å². The van der Waals surface area contributed by atoms with Crippen LogP contribution in [0.4, 0.5) is 5.69 Å². The van der Waals surface area contributed by atoms with E-state index in [1.165, 1.54) is 5.56 Å². The van der Waals surface area contributed by atoms with Gasteiger partial charge in [-0.15, -0.1) is 0 Å². The van der Waals surface area contributed by atoms with Crippen LogP contribution in [0.2, 0.25) is 0 Å². The first kappa shape index (κ1) is 19.7. The van der Waals surface area contributed by atoms with Crippen molar-refractivity contribution in [2.24, 2.45) is 4.99 Å². The normalized spacial score (nSPS) is 16.7. The monoisotopic (exact) mass is 403 g/mol. The van der Waals surface area contributed by atoms with Crippen LogP contribution in [0, 0.1) is 6.92 Å². The summed E-state index contributed by atoms with van der Waals surface area (Å²) in [6.07, 6.45) is 2.07. The number of para-hydroxylation sites is 1. The molecular weight excluding hydrogens is 378 g/mol. The highest BCUT2D eigenvalue weighted by Crippen LogP contribution is 2.21. The average molecular weight is 403 g/mol. The molecule has 2 heterocycles. The zero-order chi connectivity index (χ0) is 20.9. The number of benzene rings is 2. The van der Waals surface area contributed by atoms with Crippen molar-refractivity contribution in [3.63, 3.8) is 0 Å². The first-order valence-corrected chi connectivity index (χ1v) is 9.96. The first-order chi connectivity index (χ1) is 14.6. The van der Waals surface area contributed by atoms with Gasteiger partial charge in [-0.1, -0.05) is 35.9 Å². The Morgan fingerprint density at radius 3 is 2.70 bits per heavy atom. The minimum absolute atomic E-state index is 0.00988. The fourth-order valence-electron chi connectivity index (χ4n) is 3.44. The van der Waals surface area contributed by atoms with Gasteiger partial charge in [-0.05, 0) is 31.2 Å². The summed E-state index contributed by atoms with van der Waals surface area (Å²) in [6, 6.07) is 17.8. The van der Waals surface area contributed by atoms with Gasteiger partial charge in [0.15, 0.2) is 5.96 Å². The van der Waals surface area contributed by atoms with Crippen LogP contribution < -0.4 is 15.5 Å². The van der Waals surface area contributed by atoms with Gasteiger partial charge < -0.3 is 20.0 Å². The van der Waals surface area contributed by atoms with Crippen LogP contribution in [0.5, 0.6) is 0 Å². The topological polar surface area (TPSA) is 82.8 Å². The van der Waals surface area contributed by atoms with Gasteiger partial charge in [0.1, 0.15) is 6.26 Å². The molecule has 1 saturated heterocycles. The van der Waals surface area contributed by atoms with Crippen LogP contribution in [0.3, 0.4) is 0 Å². The van der Waals surface area contributed by atoms with Gasteiger partial charge >= 0.3 is 0 Å². The Labute approximate surface area is 175 Å². The Hall–Kier alpha value is -3.61. The number of nitrogens with one attached hydrogen (secondary N) is 2. The van der Waals surface area contributed by atoms with E-state index in [0.717, 1.165) is 16.9 Å². The predicted molar refractivity (Wildman–Crippen MR) is 117 cm³/mol. The maximum Gasteiger partial charge on any atom is 0.229 e. The van der Waals surface area contributed by atoms with E-state index in [1.54, 1.807) is 18.2 Å². The summed E-state index contributed by atoms with van der Waals surface area (Å²) in [5, 5.41) is 6.57. The van der Waals surface area contributed by atoms with Gasteiger partial charge in [0.05, 0.1) is 18.3 Å². The smallest absolute Gasteiger partial charge is 0.229 e. The lowest BCUT2D eigenvalue weighted by atomic mass is 10.1. The molecule has 1 fully saturated rings. The fraction of sp³-hybridized carbons (Fsp3) is 0.261. The van der Waals surface area contributed by atoms with Crippen molar-refractivity contribution in [2.45, 2.75) is 25.9 Å². The van der Waals surface area contributed by atoms with Crippen molar-refractivity contribution in [2.75, 3.05) is 18.5 Å². The Morgan fingerprint density at radius 2 is 1.97 bits per heavy atom. The molecule has 0 saturated carbocycles. The molecule has 1 unspecified atom stereocenters. The molecule has 0 spiro atoms. The van der Waals surface area contributed by atoms with Crippen molar-refractivity contribution in [3.05, 3.63) is 72.1 Å².